The van der Waals surface area contributed by atoms with Crippen LogP contribution in [0.3, 0.4) is 0 Å². The summed E-state index contributed by atoms with van der Waals surface area (Å²) in [6.07, 6.45) is 0.733. The van der Waals surface area contributed by atoms with Crippen LogP contribution in [0.5, 0.6) is 11.5 Å². The first-order valence-electron chi connectivity index (χ1n) is 5.79. The van der Waals surface area contributed by atoms with E-state index in [0.29, 0.717) is 27.2 Å². The summed E-state index contributed by atoms with van der Waals surface area (Å²) in [5, 5.41) is 10.5. The number of methoxy groups -OCH3 is 2. The highest BCUT2D eigenvalue weighted by atomic mass is 79.9. The van der Waals surface area contributed by atoms with Crippen LogP contribution in [0, 0.1) is 0 Å². The number of benzene rings is 1. The Kier molecular flexibility index (Phi) is 5.01. The zero-order valence-corrected chi connectivity index (χ0v) is 14.1. The van der Waals surface area contributed by atoms with Crippen molar-refractivity contribution in [3.63, 3.8) is 0 Å². The lowest BCUT2D eigenvalue weighted by Gasteiger charge is -2.18. The van der Waals surface area contributed by atoms with Crippen molar-refractivity contribution >= 4 is 31.9 Å². The molecule has 0 amide bonds. The predicted molar refractivity (Wildman–Crippen MR) is 83.2 cm³/mol. The summed E-state index contributed by atoms with van der Waals surface area (Å²) in [5.41, 5.74) is 1.14. The first-order chi connectivity index (χ1) is 9.60. The fourth-order valence-electron chi connectivity index (χ4n) is 1.88. The van der Waals surface area contributed by atoms with Crippen molar-refractivity contribution in [3.8, 4) is 11.5 Å². The van der Waals surface area contributed by atoms with E-state index in [2.05, 4.69) is 36.8 Å². The molecule has 0 saturated carbocycles. The van der Waals surface area contributed by atoms with E-state index in [9.17, 15) is 5.11 Å². The van der Waals surface area contributed by atoms with E-state index >= 15 is 0 Å². The third-order valence-electron chi connectivity index (χ3n) is 2.86. The SMILES string of the molecule is COc1ccc(C(O)c2ncccc2Br)c(OC)c1Br. The van der Waals surface area contributed by atoms with Crippen LogP contribution in [0.15, 0.2) is 39.4 Å². The molecule has 1 unspecified atom stereocenters. The van der Waals surface area contributed by atoms with Gasteiger partial charge in [0, 0.05) is 16.2 Å². The van der Waals surface area contributed by atoms with Crippen LogP contribution < -0.4 is 9.47 Å². The van der Waals surface area contributed by atoms with E-state index in [1.54, 1.807) is 38.6 Å². The molecule has 0 spiro atoms. The molecule has 0 fully saturated rings. The van der Waals surface area contributed by atoms with E-state index in [4.69, 9.17) is 9.47 Å². The number of ether oxygens (including phenoxy) is 2. The van der Waals surface area contributed by atoms with Crippen LogP contribution in [0.25, 0.3) is 0 Å². The Hall–Kier alpha value is -1.11. The monoisotopic (exact) mass is 401 g/mol. The smallest absolute Gasteiger partial charge is 0.143 e. The molecule has 1 atom stereocenters. The van der Waals surface area contributed by atoms with E-state index in [0.717, 1.165) is 4.47 Å². The lowest BCUT2D eigenvalue weighted by atomic mass is 10.0. The van der Waals surface area contributed by atoms with Gasteiger partial charge in [0.25, 0.3) is 0 Å². The molecule has 2 rings (SSSR count). The normalized spacial score (nSPS) is 12.1. The van der Waals surface area contributed by atoms with Gasteiger partial charge in [0.05, 0.1) is 19.9 Å². The maximum atomic E-state index is 10.5. The molecule has 1 aromatic carbocycles. The molecule has 0 aliphatic carbocycles. The Balaban J connectivity index is 2.53. The lowest BCUT2D eigenvalue weighted by Crippen LogP contribution is -2.06. The quantitative estimate of drug-likeness (QED) is 0.846. The van der Waals surface area contributed by atoms with Gasteiger partial charge in [-0.25, -0.2) is 0 Å². The Morgan fingerprint density at radius 2 is 1.90 bits per heavy atom. The molecule has 106 valence electrons. The van der Waals surface area contributed by atoms with Crippen molar-refractivity contribution in [2.24, 2.45) is 0 Å². The van der Waals surface area contributed by atoms with E-state index in [1.165, 1.54) is 0 Å². The Labute approximate surface area is 134 Å². The molecule has 4 nitrogen and oxygen atoms in total. The van der Waals surface area contributed by atoms with Gasteiger partial charge in [0.2, 0.25) is 0 Å². The Morgan fingerprint density at radius 3 is 2.50 bits per heavy atom. The van der Waals surface area contributed by atoms with Gasteiger partial charge in [-0.1, -0.05) is 0 Å². The average molecular weight is 403 g/mol. The van der Waals surface area contributed by atoms with Gasteiger partial charge in [0.15, 0.2) is 0 Å². The van der Waals surface area contributed by atoms with Crippen LogP contribution in [-0.2, 0) is 0 Å². The summed E-state index contributed by atoms with van der Waals surface area (Å²) in [6, 6.07) is 7.15. The number of nitrogens with zero attached hydrogens (tertiary/aromatic N) is 1. The number of aliphatic hydroxyl groups excluding tert-OH is 1. The van der Waals surface area contributed by atoms with Gasteiger partial charge < -0.3 is 14.6 Å². The molecule has 6 heteroatoms. The number of aliphatic hydroxyl groups is 1. The molecular weight excluding hydrogens is 390 g/mol. The summed E-state index contributed by atoms with van der Waals surface area (Å²) in [5.74, 6) is 1.16. The number of rotatable bonds is 4. The minimum atomic E-state index is -0.900. The van der Waals surface area contributed by atoms with Gasteiger partial charge in [-0.3, -0.25) is 4.98 Å². The fourth-order valence-corrected chi connectivity index (χ4v) is 3.04. The van der Waals surface area contributed by atoms with Crippen molar-refractivity contribution in [3.05, 3.63) is 50.7 Å². The molecular formula is C14H13Br2NO3. The lowest BCUT2D eigenvalue weighted by molar-refractivity contribution is 0.208. The maximum Gasteiger partial charge on any atom is 0.143 e. The highest BCUT2D eigenvalue weighted by molar-refractivity contribution is 9.11. The molecule has 2 aromatic rings. The molecule has 1 N–H and O–H groups in total. The third kappa shape index (κ3) is 2.82. The van der Waals surface area contributed by atoms with Crippen molar-refractivity contribution in [2.75, 3.05) is 14.2 Å². The minimum Gasteiger partial charge on any atom is -0.495 e. The Morgan fingerprint density at radius 1 is 1.15 bits per heavy atom. The highest BCUT2D eigenvalue weighted by Gasteiger charge is 2.22. The van der Waals surface area contributed by atoms with E-state index in [1.807, 2.05) is 6.07 Å². The first-order valence-corrected chi connectivity index (χ1v) is 7.37. The van der Waals surface area contributed by atoms with Gasteiger partial charge in [-0.15, -0.1) is 0 Å². The van der Waals surface area contributed by atoms with Gasteiger partial charge in [-0.2, -0.15) is 0 Å². The largest absolute Gasteiger partial charge is 0.495 e. The zero-order chi connectivity index (χ0) is 14.7. The van der Waals surface area contributed by atoms with Crippen molar-refractivity contribution in [1.29, 1.82) is 0 Å². The number of hydrogen-bond acceptors (Lipinski definition) is 4. The summed E-state index contributed by atoms with van der Waals surface area (Å²) < 4.78 is 12.0. The first kappa shape index (κ1) is 15.3. The topological polar surface area (TPSA) is 51.6 Å². The second-order valence-electron chi connectivity index (χ2n) is 3.98. The number of aromatic nitrogens is 1. The zero-order valence-electron chi connectivity index (χ0n) is 10.9. The van der Waals surface area contributed by atoms with Gasteiger partial charge in [-0.05, 0) is 56.1 Å². The van der Waals surface area contributed by atoms with Crippen LogP contribution in [0.2, 0.25) is 0 Å². The molecule has 0 aliphatic heterocycles. The van der Waals surface area contributed by atoms with Crippen LogP contribution in [0.4, 0.5) is 0 Å². The third-order valence-corrected chi connectivity index (χ3v) is 4.28. The second-order valence-corrected chi connectivity index (χ2v) is 5.62. The number of pyridine rings is 1. The van der Waals surface area contributed by atoms with Crippen molar-refractivity contribution in [2.45, 2.75) is 6.10 Å². The standard InChI is InChI=1S/C14H13Br2NO3/c1-19-10-6-5-8(14(20-2)11(10)16)13(18)12-9(15)4-3-7-17-12/h3-7,13,18H,1-2H3. The molecule has 0 bridgehead atoms. The van der Waals surface area contributed by atoms with Crippen molar-refractivity contribution in [1.82, 2.24) is 4.98 Å². The number of halogens is 2. The van der Waals surface area contributed by atoms with E-state index in [-0.39, 0.29) is 0 Å². The second kappa shape index (κ2) is 6.56. The van der Waals surface area contributed by atoms with Gasteiger partial charge >= 0.3 is 0 Å². The summed E-state index contributed by atoms with van der Waals surface area (Å²) in [6.45, 7) is 0. The van der Waals surface area contributed by atoms with Crippen LogP contribution in [-0.4, -0.2) is 24.3 Å². The van der Waals surface area contributed by atoms with E-state index < -0.39 is 6.10 Å². The summed E-state index contributed by atoms with van der Waals surface area (Å²) in [4.78, 5) is 4.20. The summed E-state index contributed by atoms with van der Waals surface area (Å²) in [7, 11) is 3.12. The molecule has 0 saturated heterocycles. The van der Waals surface area contributed by atoms with Crippen LogP contribution in [0.1, 0.15) is 17.4 Å². The van der Waals surface area contributed by atoms with Crippen molar-refractivity contribution < 1.29 is 14.6 Å². The molecule has 1 aromatic heterocycles. The average Bonchev–Trinajstić information content (AvgIpc) is 2.46. The molecule has 20 heavy (non-hydrogen) atoms. The number of hydrogen-bond donors (Lipinski definition) is 1. The maximum absolute atomic E-state index is 10.5. The Bertz CT molecular complexity index is 619. The minimum absolute atomic E-state index is 0.523. The van der Waals surface area contributed by atoms with Crippen LogP contribution >= 0.6 is 31.9 Å². The molecule has 0 radical (unpaired) electrons. The molecule has 1 heterocycles. The van der Waals surface area contributed by atoms with Gasteiger partial charge in [0.1, 0.15) is 22.1 Å². The fraction of sp³-hybridized carbons (Fsp3) is 0.214. The molecule has 0 aliphatic rings. The predicted octanol–water partition coefficient (Wildman–Crippen LogP) is 3.71. The summed E-state index contributed by atoms with van der Waals surface area (Å²) >= 11 is 6.81. The highest BCUT2D eigenvalue weighted by Crippen LogP contribution is 2.41.